The molecule has 3 unspecified atom stereocenters. The fourth-order valence-corrected chi connectivity index (χ4v) is 4.45. The lowest BCUT2D eigenvalue weighted by atomic mass is 9.83. The average molecular weight is 377 g/mol. The van der Waals surface area contributed by atoms with Crippen molar-refractivity contribution in [2.24, 2.45) is 11.7 Å². The van der Waals surface area contributed by atoms with Crippen LogP contribution >= 0.6 is 23.2 Å². The molecule has 1 aliphatic heterocycles. The number of nitrogens with zero attached hydrogens (tertiary/aromatic N) is 1. The molecule has 0 aromatic heterocycles. The molecule has 0 amide bonds. The summed E-state index contributed by atoms with van der Waals surface area (Å²) in [4.78, 5) is 2.42. The molecule has 0 bridgehead atoms. The lowest BCUT2D eigenvalue weighted by Crippen LogP contribution is -2.51. The Morgan fingerprint density at radius 2 is 1.88 bits per heavy atom. The molecule has 1 fully saturated rings. The van der Waals surface area contributed by atoms with Crippen molar-refractivity contribution in [1.29, 1.82) is 0 Å². The van der Waals surface area contributed by atoms with Crippen molar-refractivity contribution >= 4 is 23.2 Å². The maximum atomic E-state index is 6.41. The molecule has 2 N–H and O–H groups in total. The smallest absolute Gasteiger partial charge is 0.0545 e. The van der Waals surface area contributed by atoms with E-state index in [1.165, 1.54) is 12.0 Å². The highest BCUT2D eigenvalue weighted by Gasteiger charge is 2.30. The Bertz CT molecular complexity index is 688. The van der Waals surface area contributed by atoms with Crippen LogP contribution in [-0.2, 0) is 12.8 Å². The average Bonchev–Trinajstić information content (AvgIpc) is 2.58. The SMILES string of the molecule is CC(N)N1CCC(Cc2ccccc2)CC1Cc1ccc(Cl)cc1Cl. The molecule has 0 radical (unpaired) electrons. The Morgan fingerprint density at radius 3 is 2.56 bits per heavy atom. The van der Waals surface area contributed by atoms with Gasteiger partial charge in [-0.25, -0.2) is 0 Å². The van der Waals surface area contributed by atoms with Crippen molar-refractivity contribution in [1.82, 2.24) is 4.90 Å². The monoisotopic (exact) mass is 376 g/mol. The quantitative estimate of drug-likeness (QED) is 0.780. The van der Waals surface area contributed by atoms with Gasteiger partial charge in [-0.15, -0.1) is 0 Å². The van der Waals surface area contributed by atoms with Gasteiger partial charge < -0.3 is 5.73 Å². The lowest BCUT2D eigenvalue weighted by Gasteiger charge is -2.42. The number of hydrogen-bond acceptors (Lipinski definition) is 2. The largest absolute Gasteiger partial charge is 0.316 e. The summed E-state index contributed by atoms with van der Waals surface area (Å²) in [6.45, 7) is 3.12. The van der Waals surface area contributed by atoms with Crippen LogP contribution in [0.4, 0.5) is 0 Å². The summed E-state index contributed by atoms with van der Waals surface area (Å²) in [7, 11) is 0. The second-order valence-electron chi connectivity index (χ2n) is 7.15. The van der Waals surface area contributed by atoms with Gasteiger partial charge in [0, 0.05) is 22.6 Å². The van der Waals surface area contributed by atoms with Gasteiger partial charge in [0.2, 0.25) is 0 Å². The van der Waals surface area contributed by atoms with E-state index in [2.05, 4.69) is 42.2 Å². The number of halogens is 2. The summed E-state index contributed by atoms with van der Waals surface area (Å²) in [6.07, 6.45) is 4.46. The first kappa shape index (κ1) is 18.7. The highest BCUT2D eigenvalue weighted by molar-refractivity contribution is 6.35. The first-order valence-electron chi connectivity index (χ1n) is 9.02. The molecule has 1 aliphatic rings. The topological polar surface area (TPSA) is 29.3 Å². The Kier molecular flexibility index (Phi) is 6.40. The summed E-state index contributed by atoms with van der Waals surface area (Å²) in [5, 5.41) is 1.44. The zero-order valence-corrected chi connectivity index (χ0v) is 16.2. The van der Waals surface area contributed by atoms with Crippen LogP contribution in [0.3, 0.4) is 0 Å². The van der Waals surface area contributed by atoms with Gasteiger partial charge in [0.25, 0.3) is 0 Å². The molecule has 3 rings (SSSR count). The Hall–Kier alpha value is -1.06. The number of hydrogen-bond donors (Lipinski definition) is 1. The van der Waals surface area contributed by atoms with Crippen molar-refractivity contribution in [3.05, 3.63) is 69.7 Å². The molecule has 2 aromatic rings. The van der Waals surface area contributed by atoms with E-state index in [1.54, 1.807) is 0 Å². The van der Waals surface area contributed by atoms with Gasteiger partial charge >= 0.3 is 0 Å². The van der Waals surface area contributed by atoms with E-state index in [1.807, 2.05) is 18.2 Å². The summed E-state index contributed by atoms with van der Waals surface area (Å²) >= 11 is 12.4. The van der Waals surface area contributed by atoms with E-state index in [0.717, 1.165) is 36.4 Å². The fraction of sp³-hybridized carbons (Fsp3) is 0.429. The molecule has 25 heavy (non-hydrogen) atoms. The molecule has 1 heterocycles. The number of nitrogens with two attached hydrogens (primary N) is 1. The third-order valence-corrected chi connectivity index (χ3v) is 5.82. The first-order chi connectivity index (χ1) is 12.0. The molecule has 4 heteroatoms. The van der Waals surface area contributed by atoms with Gasteiger partial charge in [0.05, 0.1) is 6.17 Å². The van der Waals surface area contributed by atoms with Crippen LogP contribution in [0.25, 0.3) is 0 Å². The Balaban J connectivity index is 1.72. The Morgan fingerprint density at radius 1 is 1.12 bits per heavy atom. The molecule has 1 saturated heterocycles. The minimum absolute atomic E-state index is 0.0637. The molecule has 134 valence electrons. The van der Waals surface area contributed by atoms with E-state index in [4.69, 9.17) is 28.9 Å². The van der Waals surface area contributed by atoms with Gasteiger partial charge in [0.15, 0.2) is 0 Å². The summed E-state index contributed by atoms with van der Waals surface area (Å²) < 4.78 is 0. The van der Waals surface area contributed by atoms with Crippen LogP contribution in [0, 0.1) is 5.92 Å². The Labute approximate surface area is 160 Å². The second-order valence-corrected chi connectivity index (χ2v) is 8.00. The van der Waals surface area contributed by atoms with Crippen molar-refractivity contribution < 1.29 is 0 Å². The molecule has 3 atom stereocenters. The summed E-state index contributed by atoms with van der Waals surface area (Å²) in [6, 6.07) is 17.0. The van der Waals surface area contributed by atoms with Crippen LogP contribution in [0.1, 0.15) is 30.9 Å². The van der Waals surface area contributed by atoms with Crippen LogP contribution in [0.5, 0.6) is 0 Å². The zero-order chi connectivity index (χ0) is 17.8. The number of piperidine rings is 1. The van der Waals surface area contributed by atoms with Crippen LogP contribution in [-0.4, -0.2) is 23.7 Å². The van der Waals surface area contributed by atoms with Gasteiger partial charge in [-0.05, 0) is 61.8 Å². The lowest BCUT2D eigenvalue weighted by molar-refractivity contribution is 0.0765. The normalized spacial score (nSPS) is 22.7. The minimum atomic E-state index is 0.0637. The molecule has 0 saturated carbocycles. The maximum absolute atomic E-state index is 6.41. The van der Waals surface area contributed by atoms with E-state index in [9.17, 15) is 0 Å². The molecule has 0 aliphatic carbocycles. The summed E-state index contributed by atoms with van der Waals surface area (Å²) in [5.41, 5.74) is 8.82. The van der Waals surface area contributed by atoms with E-state index in [-0.39, 0.29) is 6.17 Å². The number of rotatable bonds is 5. The zero-order valence-electron chi connectivity index (χ0n) is 14.7. The number of benzene rings is 2. The van der Waals surface area contributed by atoms with Crippen molar-refractivity contribution in [3.63, 3.8) is 0 Å². The minimum Gasteiger partial charge on any atom is -0.316 e. The second kappa shape index (κ2) is 8.55. The molecule has 0 spiro atoms. The van der Waals surface area contributed by atoms with Crippen LogP contribution in [0.15, 0.2) is 48.5 Å². The predicted octanol–water partition coefficient (Wildman–Crippen LogP) is 5.16. The molecule has 2 nitrogen and oxygen atoms in total. The van der Waals surface area contributed by atoms with Crippen LogP contribution in [0.2, 0.25) is 10.0 Å². The van der Waals surface area contributed by atoms with Gasteiger partial charge in [-0.1, -0.05) is 59.6 Å². The fourth-order valence-electron chi connectivity index (χ4n) is 3.96. The number of likely N-dealkylation sites (tertiary alicyclic amines) is 1. The summed E-state index contributed by atoms with van der Waals surface area (Å²) in [5.74, 6) is 0.688. The van der Waals surface area contributed by atoms with Crippen molar-refractivity contribution in [2.75, 3.05) is 6.54 Å². The maximum Gasteiger partial charge on any atom is 0.0545 e. The van der Waals surface area contributed by atoms with Gasteiger partial charge in [0.1, 0.15) is 0 Å². The highest BCUT2D eigenvalue weighted by Crippen LogP contribution is 2.31. The third kappa shape index (κ3) is 4.98. The van der Waals surface area contributed by atoms with Gasteiger partial charge in [-0.3, -0.25) is 4.90 Å². The van der Waals surface area contributed by atoms with Crippen molar-refractivity contribution in [3.8, 4) is 0 Å². The van der Waals surface area contributed by atoms with Crippen molar-refractivity contribution in [2.45, 2.75) is 44.8 Å². The molecular weight excluding hydrogens is 351 g/mol. The van der Waals surface area contributed by atoms with Gasteiger partial charge in [-0.2, -0.15) is 0 Å². The predicted molar refractivity (Wildman–Crippen MR) is 107 cm³/mol. The molecular formula is C21H26Cl2N2. The third-order valence-electron chi connectivity index (χ3n) is 5.23. The van der Waals surface area contributed by atoms with E-state index in [0.29, 0.717) is 17.0 Å². The molecule has 2 aromatic carbocycles. The van der Waals surface area contributed by atoms with Crippen LogP contribution < -0.4 is 5.73 Å². The van der Waals surface area contributed by atoms with E-state index >= 15 is 0 Å². The first-order valence-corrected chi connectivity index (χ1v) is 9.77. The van der Waals surface area contributed by atoms with E-state index < -0.39 is 0 Å². The standard InChI is InChI=1S/C21H26Cl2N2/c1-15(24)25-10-9-17(11-16-5-3-2-4-6-16)12-20(25)13-18-7-8-19(22)14-21(18)23/h2-8,14-15,17,20H,9-13,24H2,1H3. The highest BCUT2D eigenvalue weighted by atomic mass is 35.5.